The van der Waals surface area contributed by atoms with Gasteiger partial charge in [0.25, 0.3) is 0 Å². The summed E-state index contributed by atoms with van der Waals surface area (Å²) in [5, 5.41) is 10.2. The molecule has 1 aromatic rings. The summed E-state index contributed by atoms with van der Waals surface area (Å²) in [6, 6.07) is 4.13. The van der Waals surface area contributed by atoms with E-state index in [9.17, 15) is 8.78 Å². The molecule has 148 valence electrons. The summed E-state index contributed by atoms with van der Waals surface area (Å²) in [6.07, 6.45) is 3.28. The number of ether oxygens (including phenoxy) is 1. The van der Waals surface area contributed by atoms with Crippen LogP contribution < -0.4 is 10.3 Å². The van der Waals surface area contributed by atoms with Gasteiger partial charge in [-0.3, -0.25) is 5.01 Å². The van der Waals surface area contributed by atoms with E-state index in [2.05, 4.69) is 33.0 Å². The van der Waals surface area contributed by atoms with Crippen LogP contribution in [0.15, 0.2) is 23.3 Å². The third-order valence-corrected chi connectivity index (χ3v) is 6.44. The Morgan fingerprint density at radius 1 is 1.30 bits per heavy atom. The molecule has 6 heteroatoms. The fourth-order valence-corrected chi connectivity index (χ4v) is 4.42. The van der Waals surface area contributed by atoms with Crippen LogP contribution in [0.25, 0.3) is 0 Å². The normalized spacial score (nSPS) is 31.0. The fourth-order valence-electron chi connectivity index (χ4n) is 4.42. The minimum absolute atomic E-state index is 0.0814. The summed E-state index contributed by atoms with van der Waals surface area (Å²) in [5.41, 5.74) is 1.51. The quantitative estimate of drug-likeness (QED) is 0.858. The molecule has 2 fully saturated rings. The van der Waals surface area contributed by atoms with Crippen LogP contribution in [0.3, 0.4) is 0 Å². The number of hydrogen-bond acceptors (Lipinski definition) is 4. The maximum Gasteiger partial charge on any atom is 0.151 e. The zero-order chi connectivity index (χ0) is 19.3. The zero-order valence-electron chi connectivity index (χ0n) is 16.5. The number of benzene rings is 1. The van der Waals surface area contributed by atoms with Crippen molar-refractivity contribution in [3.63, 3.8) is 0 Å². The third-order valence-electron chi connectivity index (χ3n) is 6.44. The molecular formula is C21H29F2N3O. The summed E-state index contributed by atoms with van der Waals surface area (Å²) in [5.74, 6) is -0.967. The van der Waals surface area contributed by atoms with Crippen LogP contribution in [0.5, 0.6) is 0 Å². The summed E-state index contributed by atoms with van der Waals surface area (Å²) in [4.78, 5) is 0. The lowest BCUT2D eigenvalue weighted by atomic mass is 9.85. The van der Waals surface area contributed by atoms with Gasteiger partial charge in [0.05, 0.1) is 29.6 Å². The van der Waals surface area contributed by atoms with E-state index in [0.29, 0.717) is 18.3 Å². The van der Waals surface area contributed by atoms with Crippen molar-refractivity contribution in [3.8, 4) is 0 Å². The first-order valence-corrected chi connectivity index (χ1v) is 9.94. The largest absolute Gasteiger partial charge is 0.374 e. The highest BCUT2D eigenvalue weighted by molar-refractivity contribution is 5.93. The van der Waals surface area contributed by atoms with E-state index in [4.69, 9.17) is 9.84 Å². The molecule has 0 saturated carbocycles. The molecule has 4 unspecified atom stereocenters. The Morgan fingerprint density at radius 3 is 2.78 bits per heavy atom. The van der Waals surface area contributed by atoms with Crippen molar-refractivity contribution < 1.29 is 13.5 Å². The van der Waals surface area contributed by atoms with Crippen molar-refractivity contribution in [2.24, 2.45) is 16.4 Å². The van der Waals surface area contributed by atoms with Crippen LogP contribution in [-0.4, -0.2) is 36.5 Å². The van der Waals surface area contributed by atoms with Crippen LogP contribution in [0.1, 0.15) is 47.0 Å². The standard InChI is InChI=1S/C21H29F2N3O/c1-12(21(2,3)4)24-11-16-20-18(10-14-6-8-19(20)27-14)26(25-16)17-7-5-13(22)9-15(17)23/h5,7,9,12,14,18-20,24H,6,8,10-11H2,1-4H3/t12-,14?,18?,19?,20?/m0/s1. The van der Waals surface area contributed by atoms with Gasteiger partial charge in [-0.1, -0.05) is 20.8 Å². The van der Waals surface area contributed by atoms with Gasteiger partial charge < -0.3 is 10.1 Å². The Labute approximate surface area is 160 Å². The molecule has 27 heavy (non-hydrogen) atoms. The van der Waals surface area contributed by atoms with Crippen molar-refractivity contribution in [3.05, 3.63) is 29.8 Å². The number of nitrogens with zero attached hydrogens (tertiary/aromatic N) is 2. The van der Waals surface area contributed by atoms with Crippen molar-refractivity contribution in [2.75, 3.05) is 11.6 Å². The SMILES string of the molecule is C[C@H](NCC1=NN(c2ccc(F)cc2F)C2CC3CCC(O3)C12)C(C)(C)C. The maximum absolute atomic E-state index is 14.5. The number of nitrogens with one attached hydrogen (secondary N) is 1. The lowest BCUT2D eigenvalue weighted by molar-refractivity contribution is -0.0200. The molecule has 0 aliphatic carbocycles. The first-order chi connectivity index (χ1) is 12.7. The maximum atomic E-state index is 14.5. The molecule has 0 radical (unpaired) electrons. The van der Waals surface area contributed by atoms with Gasteiger partial charge in [0.15, 0.2) is 5.82 Å². The molecule has 3 heterocycles. The molecule has 4 rings (SSSR count). The van der Waals surface area contributed by atoms with Crippen molar-refractivity contribution in [2.45, 2.75) is 71.2 Å². The highest BCUT2D eigenvalue weighted by atomic mass is 19.1. The van der Waals surface area contributed by atoms with E-state index in [-0.39, 0.29) is 29.6 Å². The average molecular weight is 377 g/mol. The van der Waals surface area contributed by atoms with Crippen LogP contribution in [0, 0.1) is 23.0 Å². The molecule has 1 aromatic carbocycles. The van der Waals surface area contributed by atoms with Crippen molar-refractivity contribution in [1.82, 2.24) is 5.32 Å². The summed E-state index contributed by atoms with van der Waals surface area (Å²) >= 11 is 0. The van der Waals surface area contributed by atoms with Gasteiger partial charge in [0.2, 0.25) is 0 Å². The van der Waals surface area contributed by atoms with Gasteiger partial charge in [0.1, 0.15) is 5.82 Å². The van der Waals surface area contributed by atoms with E-state index in [1.807, 2.05) is 0 Å². The first-order valence-electron chi connectivity index (χ1n) is 9.94. The van der Waals surface area contributed by atoms with Crippen molar-refractivity contribution in [1.29, 1.82) is 0 Å². The predicted octanol–water partition coefficient (Wildman–Crippen LogP) is 4.10. The van der Waals surface area contributed by atoms with Crippen LogP contribution in [0.2, 0.25) is 0 Å². The van der Waals surface area contributed by atoms with Crippen LogP contribution in [-0.2, 0) is 4.74 Å². The number of hydrazone groups is 1. The minimum Gasteiger partial charge on any atom is -0.374 e. The van der Waals surface area contributed by atoms with Gasteiger partial charge in [-0.25, -0.2) is 8.78 Å². The monoisotopic (exact) mass is 377 g/mol. The van der Waals surface area contributed by atoms with E-state index >= 15 is 0 Å². The molecule has 3 aliphatic rings. The molecule has 2 bridgehead atoms. The molecule has 0 aromatic heterocycles. The van der Waals surface area contributed by atoms with Gasteiger partial charge >= 0.3 is 0 Å². The lowest BCUT2D eigenvalue weighted by Gasteiger charge is -2.36. The van der Waals surface area contributed by atoms with Crippen LogP contribution in [0.4, 0.5) is 14.5 Å². The van der Waals surface area contributed by atoms with Gasteiger partial charge in [-0.05, 0) is 43.7 Å². The second-order valence-corrected chi connectivity index (χ2v) is 9.20. The third kappa shape index (κ3) is 3.49. The smallest absolute Gasteiger partial charge is 0.151 e. The predicted molar refractivity (Wildman–Crippen MR) is 103 cm³/mol. The molecule has 3 aliphatic heterocycles. The lowest BCUT2D eigenvalue weighted by Crippen LogP contribution is -2.48. The zero-order valence-corrected chi connectivity index (χ0v) is 16.5. The number of anilines is 1. The number of fused-ring (bicyclic) bond motifs is 4. The Kier molecular flexibility index (Phi) is 4.75. The molecule has 0 amide bonds. The molecule has 4 nitrogen and oxygen atoms in total. The van der Waals surface area contributed by atoms with Crippen LogP contribution >= 0.6 is 0 Å². The highest BCUT2D eigenvalue weighted by Gasteiger charge is 2.51. The second kappa shape index (κ2) is 6.82. The number of halogens is 2. The molecular weight excluding hydrogens is 348 g/mol. The molecule has 0 spiro atoms. The summed E-state index contributed by atoms with van der Waals surface area (Å²) in [6.45, 7) is 9.44. The van der Waals surface area contributed by atoms with E-state index in [0.717, 1.165) is 31.0 Å². The van der Waals surface area contributed by atoms with Gasteiger partial charge in [-0.2, -0.15) is 5.10 Å². The highest BCUT2D eigenvalue weighted by Crippen LogP contribution is 2.44. The minimum atomic E-state index is -0.566. The summed E-state index contributed by atoms with van der Waals surface area (Å²) in [7, 11) is 0. The Balaban J connectivity index is 1.62. The Morgan fingerprint density at radius 2 is 2.07 bits per heavy atom. The average Bonchev–Trinajstić information content (AvgIpc) is 3.14. The topological polar surface area (TPSA) is 36.9 Å². The second-order valence-electron chi connectivity index (χ2n) is 9.20. The molecule has 1 N–H and O–H groups in total. The van der Waals surface area contributed by atoms with Crippen molar-refractivity contribution >= 4 is 11.4 Å². The first kappa shape index (κ1) is 18.8. The van der Waals surface area contributed by atoms with E-state index < -0.39 is 11.6 Å². The van der Waals surface area contributed by atoms with E-state index in [1.54, 1.807) is 5.01 Å². The van der Waals surface area contributed by atoms with Gasteiger partial charge in [0, 0.05) is 24.6 Å². The van der Waals surface area contributed by atoms with Gasteiger partial charge in [-0.15, -0.1) is 0 Å². The van der Waals surface area contributed by atoms with E-state index in [1.165, 1.54) is 12.1 Å². The number of rotatable bonds is 4. The fraction of sp³-hybridized carbons (Fsp3) is 0.667. The molecule has 5 atom stereocenters. The summed E-state index contributed by atoms with van der Waals surface area (Å²) < 4.78 is 34.0. The Hall–Kier alpha value is -1.53. The molecule has 2 saturated heterocycles. The number of hydrogen-bond donors (Lipinski definition) is 1. The Bertz CT molecular complexity index is 745.